The van der Waals surface area contributed by atoms with Crippen LogP contribution in [0.3, 0.4) is 0 Å². The van der Waals surface area contributed by atoms with Gasteiger partial charge in [-0.3, -0.25) is 0 Å². The van der Waals surface area contributed by atoms with Crippen molar-refractivity contribution in [3.63, 3.8) is 0 Å². The normalized spacial score (nSPS) is 12.6. The van der Waals surface area contributed by atoms with Gasteiger partial charge >= 0.3 is 0 Å². The van der Waals surface area contributed by atoms with Crippen molar-refractivity contribution >= 4 is 0 Å². The molecule has 1 aromatic carbocycles. The molecule has 13 heavy (non-hydrogen) atoms. The summed E-state index contributed by atoms with van der Waals surface area (Å²) in [7, 11) is 0. The summed E-state index contributed by atoms with van der Waals surface area (Å²) in [5.41, 5.74) is 6.19. The van der Waals surface area contributed by atoms with E-state index in [0.29, 0.717) is 12.3 Å². The maximum absolute atomic E-state index is 12.7. The van der Waals surface area contributed by atoms with E-state index in [-0.39, 0.29) is 11.9 Å². The molecule has 0 bridgehead atoms. The van der Waals surface area contributed by atoms with Crippen molar-refractivity contribution in [2.75, 3.05) is 6.54 Å². The van der Waals surface area contributed by atoms with Crippen molar-refractivity contribution in [2.45, 2.75) is 20.0 Å². The van der Waals surface area contributed by atoms with Crippen molar-refractivity contribution in [1.82, 2.24) is 0 Å². The number of nitrogens with two attached hydrogens (primary N) is 1. The van der Waals surface area contributed by atoms with Crippen LogP contribution in [0.2, 0.25) is 0 Å². The molecule has 0 saturated heterocycles. The zero-order chi connectivity index (χ0) is 9.84. The number of rotatable bonds is 3. The smallest absolute Gasteiger partial charge is 0.123 e. The largest absolute Gasteiger partial charge is 0.489 e. The topological polar surface area (TPSA) is 35.2 Å². The van der Waals surface area contributed by atoms with Gasteiger partial charge in [-0.05, 0) is 37.6 Å². The summed E-state index contributed by atoms with van der Waals surface area (Å²) in [6, 6.07) is 4.45. The first-order valence-corrected chi connectivity index (χ1v) is 4.26. The number of halogens is 1. The number of aryl methyl sites for hydroxylation is 1. The molecule has 0 radical (unpaired) electrons. The van der Waals surface area contributed by atoms with Gasteiger partial charge in [0.05, 0.1) is 0 Å². The highest BCUT2D eigenvalue weighted by atomic mass is 19.1. The third-order valence-electron chi connectivity index (χ3n) is 1.80. The van der Waals surface area contributed by atoms with Crippen LogP contribution in [0.25, 0.3) is 0 Å². The highest BCUT2D eigenvalue weighted by molar-refractivity contribution is 5.32. The van der Waals surface area contributed by atoms with Crippen molar-refractivity contribution in [3.8, 4) is 5.75 Å². The first kappa shape index (κ1) is 9.99. The average molecular weight is 183 g/mol. The molecule has 1 rings (SSSR count). The molecule has 0 spiro atoms. The predicted octanol–water partition coefficient (Wildman–Crippen LogP) is 1.86. The molecule has 2 nitrogen and oxygen atoms in total. The third-order valence-corrected chi connectivity index (χ3v) is 1.80. The highest BCUT2D eigenvalue weighted by Crippen LogP contribution is 2.19. The maximum Gasteiger partial charge on any atom is 0.123 e. The summed E-state index contributed by atoms with van der Waals surface area (Å²) in [5, 5.41) is 0. The fourth-order valence-electron chi connectivity index (χ4n) is 1.01. The minimum absolute atomic E-state index is 0.0378. The van der Waals surface area contributed by atoms with E-state index in [1.54, 1.807) is 6.07 Å². The molecule has 0 aliphatic carbocycles. The van der Waals surface area contributed by atoms with Crippen molar-refractivity contribution in [1.29, 1.82) is 0 Å². The van der Waals surface area contributed by atoms with Crippen molar-refractivity contribution < 1.29 is 9.13 Å². The van der Waals surface area contributed by atoms with Crippen molar-refractivity contribution in [3.05, 3.63) is 29.6 Å². The first-order valence-electron chi connectivity index (χ1n) is 4.26. The first-order chi connectivity index (χ1) is 6.13. The van der Waals surface area contributed by atoms with Gasteiger partial charge < -0.3 is 10.5 Å². The van der Waals surface area contributed by atoms with Crippen LogP contribution < -0.4 is 10.5 Å². The van der Waals surface area contributed by atoms with Crippen LogP contribution in [-0.4, -0.2) is 12.6 Å². The Bertz CT molecular complexity index is 288. The maximum atomic E-state index is 12.7. The van der Waals surface area contributed by atoms with Crippen LogP contribution in [0.1, 0.15) is 12.5 Å². The molecule has 1 aromatic rings. The Morgan fingerprint density at radius 1 is 1.54 bits per heavy atom. The van der Waals surface area contributed by atoms with E-state index in [4.69, 9.17) is 10.5 Å². The second-order valence-electron chi connectivity index (χ2n) is 3.07. The van der Waals surface area contributed by atoms with E-state index < -0.39 is 0 Å². The third kappa shape index (κ3) is 2.70. The minimum atomic E-state index is -0.245. The monoisotopic (exact) mass is 183 g/mol. The molecule has 72 valence electrons. The molecule has 2 N–H and O–H groups in total. The number of hydrogen-bond donors (Lipinski definition) is 1. The zero-order valence-electron chi connectivity index (χ0n) is 7.88. The van der Waals surface area contributed by atoms with E-state index in [9.17, 15) is 4.39 Å². The Hall–Kier alpha value is -1.09. The molecule has 0 aliphatic heterocycles. The minimum Gasteiger partial charge on any atom is -0.489 e. The van der Waals surface area contributed by atoms with Crippen molar-refractivity contribution in [2.24, 2.45) is 5.73 Å². The summed E-state index contributed by atoms with van der Waals surface area (Å²) in [6.45, 7) is 4.14. The Morgan fingerprint density at radius 2 is 2.23 bits per heavy atom. The molecule has 3 heteroatoms. The molecule has 1 unspecified atom stereocenters. The van der Waals surface area contributed by atoms with Gasteiger partial charge in [-0.1, -0.05) is 0 Å². The van der Waals surface area contributed by atoms with E-state index in [1.807, 2.05) is 13.8 Å². The number of hydrogen-bond acceptors (Lipinski definition) is 2. The Balaban J connectivity index is 2.77. The van der Waals surface area contributed by atoms with Crippen LogP contribution in [-0.2, 0) is 0 Å². The second kappa shape index (κ2) is 4.23. The van der Waals surface area contributed by atoms with E-state index in [1.165, 1.54) is 12.1 Å². The number of ether oxygens (including phenoxy) is 1. The highest BCUT2D eigenvalue weighted by Gasteiger charge is 2.04. The molecule has 0 amide bonds. The lowest BCUT2D eigenvalue weighted by molar-refractivity contribution is 0.228. The summed E-state index contributed by atoms with van der Waals surface area (Å²) in [6.07, 6.45) is -0.0378. The average Bonchev–Trinajstić information content (AvgIpc) is 2.09. The molecule has 0 fully saturated rings. The SMILES string of the molecule is Cc1cc(F)ccc1OC(C)CN. The van der Waals surface area contributed by atoms with Crippen LogP contribution in [0, 0.1) is 12.7 Å². The molecule has 0 aliphatic rings. The molecule has 0 aromatic heterocycles. The molecule has 1 atom stereocenters. The van der Waals surface area contributed by atoms with Gasteiger partial charge in [0.1, 0.15) is 17.7 Å². The van der Waals surface area contributed by atoms with Gasteiger partial charge in [-0.2, -0.15) is 0 Å². The number of benzene rings is 1. The Labute approximate surface area is 77.5 Å². The van der Waals surface area contributed by atoms with Crippen LogP contribution in [0.15, 0.2) is 18.2 Å². The fourth-order valence-corrected chi connectivity index (χ4v) is 1.01. The fraction of sp³-hybridized carbons (Fsp3) is 0.400. The summed E-state index contributed by atoms with van der Waals surface area (Å²) < 4.78 is 18.1. The summed E-state index contributed by atoms with van der Waals surface area (Å²) >= 11 is 0. The predicted molar refractivity (Wildman–Crippen MR) is 50.3 cm³/mol. The lowest BCUT2D eigenvalue weighted by Crippen LogP contribution is -2.23. The molecular formula is C10H14FNO. The van der Waals surface area contributed by atoms with E-state index >= 15 is 0 Å². The lowest BCUT2D eigenvalue weighted by Gasteiger charge is -2.14. The summed E-state index contributed by atoms with van der Waals surface area (Å²) in [4.78, 5) is 0. The van der Waals surface area contributed by atoms with E-state index in [2.05, 4.69) is 0 Å². The quantitative estimate of drug-likeness (QED) is 0.776. The van der Waals surface area contributed by atoms with Gasteiger partial charge in [0, 0.05) is 6.54 Å². The van der Waals surface area contributed by atoms with Crippen LogP contribution in [0.5, 0.6) is 5.75 Å². The molecular weight excluding hydrogens is 169 g/mol. The second-order valence-corrected chi connectivity index (χ2v) is 3.07. The van der Waals surface area contributed by atoms with Gasteiger partial charge in [0.25, 0.3) is 0 Å². The van der Waals surface area contributed by atoms with Crippen LogP contribution in [0.4, 0.5) is 4.39 Å². The molecule has 0 heterocycles. The van der Waals surface area contributed by atoms with Crippen LogP contribution >= 0.6 is 0 Å². The van der Waals surface area contributed by atoms with E-state index in [0.717, 1.165) is 5.56 Å². The Morgan fingerprint density at radius 3 is 2.77 bits per heavy atom. The van der Waals surface area contributed by atoms with Gasteiger partial charge in [0.2, 0.25) is 0 Å². The molecule has 0 saturated carbocycles. The van der Waals surface area contributed by atoms with Gasteiger partial charge in [0.15, 0.2) is 0 Å². The lowest BCUT2D eigenvalue weighted by atomic mass is 10.2. The Kier molecular flexibility index (Phi) is 3.25. The standard InChI is InChI=1S/C10H14FNO/c1-7-5-9(11)3-4-10(7)13-8(2)6-12/h3-5,8H,6,12H2,1-2H3. The zero-order valence-corrected chi connectivity index (χ0v) is 7.88. The van der Waals surface area contributed by atoms with Gasteiger partial charge in [-0.15, -0.1) is 0 Å². The summed E-state index contributed by atoms with van der Waals surface area (Å²) in [5.74, 6) is 0.449. The van der Waals surface area contributed by atoms with Gasteiger partial charge in [-0.25, -0.2) is 4.39 Å².